The first-order valence-corrected chi connectivity index (χ1v) is 8.38. The number of benzene rings is 1. The third-order valence-corrected chi connectivity index (χ3v) is 4.58. The van der Waals surface area contributed by atoms with Crippen molar-refractivity contribution in [3.05, 3.63) is 35.4 Å². The normalized spacial score (nSPS) is 25.7. The molecule has 2 aliphatic heterocycles. The lowest BCUT2D eigenvalue weighted by molar-refractivity contribution is -0.0411. The van der Waals surface area contributed by atoms with Crippen LogP contribution in [0, 0.1) is 0 Å². The van der Waals surface area contributed by atoms with Crippen LogP contribution in [0.4, 0.5) is 0 Å². The Labute approximate surface area is 128 Å². The van der Waals surface area contributed by atoms with Gasteiger partial charge in [0.05, 0.1) is 12.2 Å². The lowest BCUT2D eigenvalue weighted by Crippen LogP contribution is -2.42. The number of hydrogen-bond donors (Lipinski definition) is 1. The monoisotopic (exact) mass is 288 g/mol. The molecule has 2 fully saturated rings. The van der Waals surface area contributed by atoms with E-state index in [2.05, 4.69) is 48.3 Å². The Morgan fingerprint density at radius 1 is 1.14 bits per heavy atom. The van der Waals surface area contributed by atoms with Crippen molar-refractivity contribution in [2.24, 2.45) is 0 Å². The second-order valence-electron chi connectivity index (χ2n) is 6.78. The number of nitrogens with zero attached hydrogens (tertiary/aromatic N) is 1. The minimum absolute atomic E-state index is 0.485. The number of hydrogen-bond acceptors (Lipinski definition) is 3. The lowest BCUT2D eigenvalue weighted by Gasteiger charge is -2.32. The average molecular weight is 288 g/mol. The van der Waals surface area contributed by atoms with Crippen molar-refractivity contribution in [1.29, 1.82) is 0 Å². The smallest absolute Gasteiger partial charge is 0.0707 e. The van der Waals surface area contributed by atoms with Crippen molar-refractivity contribution < 1.29 is 4.74 Å². The first-order chi connectivity index (χ1) is 10.2. The van der Waals surface area contributed by atoms with Gasteiger partial charge in [0.15, 0.2) is 0 Å². The molecule has 0 aromatic heterocycles. The van der Waals surface area contributed by atoms with Gasteiger partial charge < -0.3 is 10.1 Å². The molecule has 3 nitrogen and oxygen atoms in total. The summed E-state index contributed by atoms with van der Waals surface area (Å²) in [6.45, 7) is 8.76. The molecule has 0 aliphatic carbocycles. The fourth-order valence-electron chi connectivity index (χ4n) is 3.52. The van der Waals surface area contributed by atoms with E-state index in [-0.39, 0.29) is 0 Å². The molecule has 1 aromatic carbocycles. The molecule has 2 bridgehead atoms. The zero-order valence-electron chi connectivity index (χ0n) is 13.3. The highest BCUT2D eigenvalue weighted by molar-refractivity contribution is 5.27. The van der Waals surface area contributed by atoms with Gasteiger partial charge in [-0.2, -0.15) is 0 Å². The maximum atomic E-state index is 5.93. The molecule has 0 spiro atoms. The fourth-order valence-corrected chi connectivity index (χ4v) is 3.52. The summed E-state index contributed by atoms with van der Waals surface area (Å²) in [5.74, 6) is 0. The van der Waals surface area contributed by atoms with E-state index in [0.29, 0.717) is 18.2 Å². The van der Waals surface area contributed by atoms with Gasteiger partial charge in [-0.3, -0.25) is 4.90 Å². The van der Waals surface area contributed by atoms with Crippen LogP contribution in [-0.2, 0) is 17.7 Å². The van der Waals surface area contributed by atoms with E-state index in [1.807, 2.05) is 0 Å². The van der Waals surface area contributed by atoms with E-state index in [4.69, 9.17) is 4.74 Å². The molecular formula is C18H28N2O. The summed E-state index contributed by atoms with van der Waals surface area (Å²) in [5, 5.41) is 3.52. The zero-order chi connectivity index (χ0) is 14.7. The van der Waals surface area contributed by atoms with Crippen molar-refractivity contribution in [2.45, 2.75) is 57.9 Å². The highest BCUT2D eigenvalue weighted by Crippen LogP contribution is 2.27. The summed E-state index contributed by atoms with van der Waals surface area (Å²) >= 11 is 0. The van der Waals surface area contributed by atoms with Crippen molar-refractivity contribution in [1.82, 2.24) is 10.2 Å². The molecule has 2 unspecified atom stereocenters. The van der Waals surface area contributed by atoms with Crippen molar-refractivity contribution >= 4 is 0 Å². The molecule has 3 rings (SSSR count). The molecule has 0 radical (unpaired) electrons. The quantitative estimate of drug-likeness (QED) is 0.871. The van der Waals surface area contributed by atoms with Gasteiger partial charge in [-0.25, -0.2) is 0 Å². The van der Waals surface area contributed by atoms with E-state index >= 15 is 0 Å². The molecule has 3 heteroatoms. The number of ether oxygens (including phenoxy) is 1. The molecule has 1 aromatic rings. The maximum Gasteiger partial charge on any atom is 0.0707 e. The molecule has 2 heterocycles. The van der Waals surface area contributed by atoms with Gasteiger partial charge in [0.25, 0.3) is 0 Å². The van der Waals surface area contributed by atoms with E-state index in [1.54, 1.807) is 0 Å². The minimum Gasteiger partial charge on any atom is -0.372 e. The van der Waals surface area contributed by atoms with Crippen LogP contribution in [0.5, 0.6) is 0 Å². The largest absolute Gasteiger partial charge is 0.372 e. The number of rotatable bonds is 6. The Kier molecular flexibility index (Phi) is 4.94. The molecule has 116 valence electrons. The van der Waals surface area contributed by atoms with Crippen LogP contribution in [0.25, 0.3) is 0 Å². The lowest BCUT2D eigenvalue weighted by atomic mass is 10.0. The van der Waals surface area contributed by atoms with Crippen LogP contribution < -0.4 is 5.32 Å². The van der Waals surface area contributed by atoms with Gasteiger partial charge in [0.2, 0.25) is 0 Å². The van der Waals surface area contributed by atoms with Gasteiger partial charge >= 0.3 is 0 Å². The number of likely N-dealkylation sites (tertiary alicyclic amines) is 1. The Balaban J connectivity index is 1.59. The molecule has 2 atom stereocenters. The Morgan fingerprint density at radius 3 is 2.48 bits per heavy atom. The summed E-state index contributed by atoms with van der Waals surface area (Å²) in [5.41, 5.74) is 2.98. The molecule has 2 aliphatic rings. The number of nitrogens with one attached hydrogen (secondary N) is 1. The Bertz CT molecular complexity index is 448. The molecular weight excluding hydrogens is 260 g/mol. The average Bonchev–Trinajstić information content (AvgIpc) is 2.79. The highest BCUT2D eigenvalue weighted by atomic mass is 16.5. The maximum absolute atomic E-state index is 5.93. The fraction of sp³-hybridized carbons (Fsp3) is 0.667. The zero-order valence-corrected chi connectivity index (χ0v) is 13.3. The Hall–Kier alpha value is -0.900. The molecule has 21 heavy (non-hydrogen) atoms. The van der Waals surface area contributed by atoms with E-state index in [0.717, 1.165) is 32.6 Å². The van der Waals surface area contributed by atoms with Gasteiger partial charge in [0, 0.05) is 25.7 Å². The van der Waals surface area contributed by atoms with Crippen molar-refractivity contribution in [2.75, 3.05) is 19.6 Å². The van der Waals surface area contributed by atoms with Gasteiger partial charge in [0.1, 0.15) is 0 Å². The molecule has 0 saturated carbocycles. The van der Waals surface area contributed by atoms with E-state index in [1.165, 1.54) is 24.0 Å². The van der Waals surface area contributed by atoms with Crippen LogP contribution in [-0.4, -0.2) is 42.8 Å². The summed E-state index contributed by atoms with van der Waals surface area (Å²) in [6.07, 6.45) is 4.59. The number of morpholine rings is 1. The van der Waals surface area contributed by atoms with Crippen molar-refractivity contribution in [3.8, 4) is 0 Å². The highest BCUT2D eigenvalue weighted by Gasteiger charge is 2.33. The minimum atomic E-state index is 0.485. The van der Waals surface area contributed by atoms with Crippen LogP contribution in [0.3, 0.4) is 0 Å². The van der Waals surface area contributed by atoms with Gasteiger partial charge in [-0.1, -0.05) is 38.1 Å². The van der Waals surface area contributed by atoms with E-state index < -0.39 is 0 Å². The van der Waals surface area contributed by atoms with Crippen LogP contribution in [0.15, 0.2) is 24.3 Å². The predicted octanol–water partition coefficient (Wildman–Crippen LogP) is 2.59. The summed E-state index contributed by atoms with van der Waals surface area (Å²) in [6, 6.07) is 9.47. The first kappa shape index (κ1) is 15.0. The van der Waals surface area contributed by atoms with Crippen molar-refractivity contribution in [3.63, 3.8) is 0 Å². The predicted molar refractivity (Wildman–Crippen MR) is 86.5 cm³/mol. The standard InChI is InChI=1S/C18H28N2O/c1-14(2)19-10-9-15-5-3-4-6-16(15)11-20-12-17-7-8-18(13-20)21-17/h3-6,14,17-19H,7-13H2,1-2H3. The van der Waals surface area contributed by atoms with Crippen LogP contribution >= 0.6 is 0 Å². The van der Waals surface area contributed by atoms with Crippen LogP contribution in [0.2, 0.25) is 0 Å². The molecule has 1 N–H and O–H groups in total. The SMILES string of the molecule is CC(C)NCCc1ccccc1CN1CC2CCC(C1)O2. The third kappa shape index (κ3) is 4.06. The molecule has 2 saturated heterocycles. The second-order valence-corrected chi connectivity index (χ2v) is 6.78. The second kappa shape index (κ2) is 6.91. The van der Waals surface area contributed by atoms with Crippen LogP contribution in [0.1, 0.15) is 37.8 Å². The summed E-state index contributed by atoms with van der Waals surface area (Å²) in [4.78, 5) is 2.58. The summed E-state index contributed by atoms with van der Waals surface area (Å²) < 4.78 is 5.93. The third-order valence-electron chi connectivity index (χ3n) is 4.58. The molecule has 0 amide bonds. The van der Waals surface area contributed by atoms with Gasteiger partial charge in [-0.05, 0) is 36.9 Å². The summed E-state index contributed by atoms with van der Waals surface area (Å²) in [7, 11) is 0. The topological polar surface area (TPSA) is 24.5 Å². The first-order valence-electron chi connectivity index (χ1n) is 8.38. The Morgan fingerprint density at radius 2 is 1.81 bits per heavy atom. The van der Waals surface area contributed by atoms with Gasteiger partial charge in [-0.15, -0.1) is 0 Å². The van der Waals surface area contributed by atoms with E-state index in [9.17, 15) is 0 Å². The number of fused-ring (bicyclic) bond motifs is 2.